The molecule has 0 aliphatic rings. The van der Waals surface area contributed by atoms with Crippen LogP contribution in [0, 0.1) is 0 Å². The van der Waals surface area contributed by atoms with Crippen LogP contribution in [0.25, 0.3) is 52.8 Å². The van der Waals surface area contributed by atoms with Gasteiger partial charge in [-0.25, -0.2) is 0 Å². The van der Waals surface area contributed by atoms with E-state index in [4.69, 9.17) is 0 Å². The number of rotatable bonds is 4. The molecule has 6 aromatic carbocycles. The van der Waals surface area contributed by atoms with Gasteiger partial charge in [0.05, 0.1) is 10.4 Å². The molecule has 0 saturated carbocycles. The summed E-state index contributed by atoms with van der Waals surface area (Å²) in [4.78, 5) is 0. The second-order valence-electron chi connectivity index (χ2n) is 10.1. The molecule has 1 aromatic heterocycles. The Labute approximate surface area is 221 Å². The second-order valence-corrected chi connectivity index (χ2v) is 11.1. The van der Waals surface area contributed by atoms with E-state index in [2.05, 4.69) is 134 Å². The summed E-state index contributed by atoms with van der Waals surface area (Å²) in [6.07, 6.45) is 0. The van der Waals surface area contributed by atoms with Crippen LogP contribution in [0.4, 0.5) is 11.4 Å². The van der Waals surface area contributed by atoms with Crippen LogP contribution in [-0.4, -0.2) is 0 Å². The fourth-order valence-electron chi connectivity index (χ4n) is 5.47. The Hall–Kier alpha value is -4.14. The average Bonchev–Trinajstić information content (AvgIpc) is 3.34. The zero-order valence-electron chi connectivity index (χ0n) is 21.0. The largest absolute Gasteiger partial charge is 0.354 e. The van der Waals surface area contributed by atoms with Crippen LogP contribution in [-0.2, 0) is 0 Å². The molecule has 1 nitrogen and oxygen atoms in total. The number of hydrogen-bond acceptors (Lipinski definition) is 2. The van der Waals surface area contributed by atoms with E-state index in [-0.39, 0.29) is 0 Å². The molecule has 0 unspecified atom stereocenters. The monoisotopic (exact) mass is 493 g/mol. The van der Waals surface area contributed by atoms with E-state index in [1.54, 1.807) is 0 Å². The molecule has 0 fully saturated rings. The highest BCUT2D eigenvalue weighted by Gasteiger charge is 2.16. The quantitative estimate of drug-likeness (QED) is 0.257. The Morgan fingerprint density at radius 3 is 2.08 bits per heavy atom. The van der Waals surface area contributed by atoms with Crippen LogP contribution >= 0.6 is 11.3 Å². The van der Waals surface area contributed by atoms with Crippen molar-refractivity contribution in [2.45, 2.75) is 19.8 Å². The van der Waals surface area contributed by atoms with Crippen LogP contribution in [0.3, 0.4) is 0 Å². The molecule has 0 aliphatic heterocycles. The van der Waals surface area contributed by atoms with Gasteiger partial charge in [0.1, 0.15) is 0 Å². The Morgan fingerprint density at radius 2 is 1.27 bits per heavy atom. The molecule has 0 atom stereocenters. The fourth-order valence-corrected chi connectivity index (χ4v) is 6.92. The minimum atomic E-state index is 0.472. The van der Waals surface area contributed by atoms with Crippen molar-refractivity contribution < 1.29 is 0 Å². The number of benzene rings is 6. The van der Waals surface area contributed by atoms with Crippen LogP contribution in [0.2, 0.25) is 0 Å². The lowest BCUT2D eigenvalue weighted by Gasteiger charge is -2.10. The molecule has 0 spiro atoms. The van der Waals surface area contributed by atoms with Crippen molar-refractivity contribution in [3.05, 3.63) is 121 Å². The molecule has 7 aromatic rings. The summed E-state index contributed by atoms with van der Waals surface area (Å²) in [6.45, 7) is 4.59. The van der Waals surface area contributed by atoms with Gasteiger partial charge in [-0.15, -0.1) is 11.3 Å². The lowest BCUT2D eigenvalue weighted by Crippen LogP contribution is -1.90. The van der Waals surface area contributed by atoms with Crippen LogP contribution in [0.15, 0.2) is 115 Å². The number of fused-ring (bicyclic) bond motifs is 6. The smallest absolute Gasteiger partial charge is 0.0590 e. The van der Waals surface area contributed by atoms with Gasteiger partial charge < -0.3 is 5.32 Å². The molecule has 0 saturated heterocycles. The Morgan fingerprint density at radius 1 is 0.568 bits per heavy atom. The first-order valence-corrected chi connectivity index (χ1v) is 13.7. The minimum Gasteiger partial charge on any atom is -0.354 e. The summed E-state index contributed by atoms with van der Waals surface area (Å²) >= 11 is 1.92. The number of thiophene rings is 1. The van der Waals surface area contributed by atoms with Crippen molar-refractivity contribution >= 4 is 64.4 Å². The third-order valence-electron chi connectivity index (χ3n) is 7.39. The Balaban J connectivity index is 1.30. The SMILES string of the molecule is CC(C)c1cc2ccccc2c2c1sc1c(Nc3ccc(-c4ccc5ccccc5c4)cc3)cccc12. The van der Waals surface area contributed by atoms with E-state index in [0.29, 0.717) is 5.92 Å². The summed E-state index contributed by atoms with van der Waals surface area (Å²) in [5.41, 5.74) is 6.16. The molecule has 0 bridgehead atoms. The molecule has 2 heteroatoms. The normalized spacial score (nSPS) is 11.8. The highest BCUT2D eigenvalue weighted by molar-refractivity contribution is 7.26. The van der Waals surface area contributed by atoms with Crippen LogP contribution < -0.4 is 5.32 Å². The highest BCUT2D eigenvalue weighted by Crippen LogP contribution is 2.45. The van der Waals surface area contributed by atoms with Crippen molar-refractivity contribution in [1.29, 1.82) is 0 Å². The van der Waals surface area contributed by atoms with E-state index in [0.717, 1.165) is 11.4 Å². The van der Waals surface area contributed by atoms with Gasteiger partial charge >= 0.3 is 0 Å². The third kappa shape index (κ3) is 3.77. The van der Waals surface area contributed by atoms with Crippen molar-refractivity contribution in [2.24, 2.45) is 0 Å². The van der Waals surface area contributed by atoms with E-state index in [1.807, 2.05) is 11.3 Å². The lowest BCUT2D eigenvalue weighted by molar-refractivity contribution is 0.879. The summed E-state index contributed by atoms with van der Waals surface area (Å²) in [7, 11) is 0. The molecule has 37 heavy (non-hydrogen) atoms. The maximum Gasteiger partial charge on any atom is 0.0590 e. The first kappa shape index (κ1) is 22.1. The third-order valence-corrected chi connectivity index (χ3v) is 8.68. The zero-order chi connectivity index (χ0) is 24.9. The van der Waals surface area contributed by atoms with Crippen molar-refractivity contribution in [3.63, 3.8) is 0 Å². The number of anilines is 2. The van der Waals surface area contributed by atoms with E-state index in [1.165, 1.54) is 58.4 Å². The van der Waals surface area contributed by atoms with E-state index >= 15 is 0 Å². The molecule has 178 valence electrons. The number of hydrogen-bond donors (Lipinski definition) is 1. The van der Waals surface area contributed by atoms with Gasteiger partial charge in [-0.1, -0.05) is 98.8 Å². The molecular weight excluding hydrogens is 466 g/mol. The second kappa shape index (κ2) is 8.76. The summed E-state index contributed by atoms with van der Waals surface area (Å²) < 4.78 is 2.72. The average molecular weight is 494 g/mol. The topological polar surface area (TPSA) is 12.0 Å². The molecule has 1 N–H and O–H groups in total. The summed E-state index contributed by atoms with van der Waals surface area (Å²) in [5, 5.41) is 11.6. The van der Waals surface area contributed by atoms with Gasteiger partial charge in [0.15, 0.2) is 0 Å². The lowest BCUT2D eigenvalue weighted by atomic mass is 9.95. The van der Waals surface area contributed by atoms with Crippen LogP contribution in [0.5, 0.6) is 0 Å². The zero-order valence-corrected chi connectivity index (χ0v) is 21.8. The maximum absolute atomic E-state index is 3.72. The van der Waals surface area contributed by atoms with Gasteiger partial charge in [-0.3, -0.25) is 0 Å². The van der Waals surface area contributed by atoms with Crippen molar-refractivity contribution in [1.82, 2.24) is 0 Å². The number of nitrogens with one attached hydrogen (secondary N) is 1. The Kier molecular flexibility index (Phi) is 5.23. The summed E-state index contributed by atoms with van der Waals surface area (Å²) in [5.74, 6) is 0.472. The maximum atomic E-state index is 3.72. The van der Waals surface area contributed by atoms with Gasteiger partial charge in [0.25, 0.3) is 0 Å². The first-order chi connectivity index (χ1) is 18.2. The molecule has 0 aliphatic carbocycles. The van der Waals surface area contributed by atoms with Gasteiger partial charge in [0.2, 0.25) is 0 Å². The fraction of sp³-hybridized carbons (Fsp3) is 0.0857. The molecule has 1 heterocycles. The van der Waals surface area contributed by atoms with Gasteiger partial charge in [-0.2, -0.15) is 0 Å². The first-order valence-electron chi connectivity index (χ1n) is 12.9. The Bertz CT molecular complexity index is 1930. The highest BCUT2D eigenvalue weighted by atomic mass is 32.1. The van der Waals surface area contributed by atoms with Crippen molar-refractivity contribution in [2.75, 3.05) is 5.32 Å². The molecule has 0 amide bonds. The molecular formula is C35H27NS. The summed E-state index contributed by atoms with van der Waals surface area (Å²) in [6, 6.07) is 41.8. The predicted molar refractivity (Wildman–Crippen MR) is 164 cm³/mol. The standard InChI is InChI=1S/C35H27NS/c1-22(2)31-21-27-10-5-6-11-29(27)33-30-12-7-13-32(34(30)37-35(31)33)36-28-18-16-24(17-19-28)26-15-14-23-8-3-4-9-25(23)20-26/h3-22,36H,1-2H3. The molecule has 7 rings (SSSR count). The van der Waals surface area contributed by atoms with Gasteiger partial charge in [0, 0.05) is 21.2 Å². The van der Waals surface area contributed by atoms with E-state index in [9.17, 15) is 0 Å². The van der Waals surface area contributed by atoms with Crippen LogP contribution in [0.1, 0.15) is 25.3 Å². The molecule has 0 radical (unpaired) electrons. The van der Waals surface area contributed by atoms with Crippen molar-refractivity contribution in [3.8, 4) is 11.1 Å². The predicted octanol–water partition coefficient (Wildman–Crippen LogP) is 10.9. The minimum absolute atomic E-state index is 0.472. The van der Waals surface area contributed by atoms with E-state index < -0.39 is 0 Å². The van der Waals surface area contributed by atoms with Gasteiger partial charge in [-0.05, 0) is 74.5 Å².